The summed E-state index contributed by atoms with van der Waals surface area (Å²) in [6.07, 6.45) is -9.39. The standard InChI is InChI=1S/C24H22O14/c25-11-2-1-9(3-12(11)26)15-6-14(28)20-13(27)4-10(5-16(20)37-15)36-24-23(34)22(33)21(32)17(38-24)8-35-19(31)7-18(29)30/h1-6,17,21-27,32-34H,7-8H2,(H,29,30)/t17-,21-,22+,23-,24-/m1/s1. The maximum Gasteiger partial charge on any atom is 0.317 e. The first kappa shape index (κ1) is 26.7. The fraction of sp³-hybridized carbons (Fsp3) is 0.292. The highest BCUT2D eigenvalue weighted by Gasteiger charge is 2.45. The molecule has 0 unspecified atom stereocenters. The number of benzene rings is 2. The molecule has 3 aromatic rings. The largest absolute Gasteiger partial charge is 0.507 e. The van der Waals surface area contributed by atoms with Crippen molar-refractivity contribution in [1.29, 1.82) is 0 Å². The molecule has 7 N–H and O–H groups in total. The molecule has 0 saturated carbocycles. The van der Waals surface area contributed by atoms with Crippen molar-refractivity contribution in [2.75, 3.05) is 6.61 Å². The number of fused-ring (bicyclic) bond motifs is 1. The monoisotopic (exact) mass is 534 g/mol. The van der Waals surface area contributed by atoms with E-state index in [0.717, 1.165) is 18.2 Å². The number of rotatable bonds is 7. The number of esters is 1. The second-order valence-electron chi connectivity index (χ2n) is 8.38. The maximum atomic E-state index is 12.6. The van der Waals surface area contributed by atoms with Crippen molar-refractivity contribution in [3.8, 4) is 34.3 Å². The van der Waals surface area contributed by atoms with Crippen LogP contribution >= 0.6 is 0 Å². The van der Waals surface area contributed by atoms with E-state index in [2.05, 4.69) is 0 Å². The van der Waals surface area contributed by atoms with Crippen molar-refractivity contribution >= 4 is 22.9 Å². The van der Waals surface area contributed by atoms with Gasteiger partial charge in [0.15, 0.2) is 16.9 Å². The molecule has 202 valence electrons. The van der Waals surface area contributed by atoms with Crippen LogP contribution in [0.4, 0.5) is 0 Å². The van der Waals surface area contributed by atoms with E-state index in [9.17, 15) is 45.0 Å². The molecular weight excluding hydrogens is 512 g/mol. The maximum absolute atomic E-state index is 12.6. The average Bonchev–Trinajstić information content (AvgIpc) is 2.84. The van der Waals surface area contributed by atoms with Gasteiger partial charge in [-0.1, -0.05) is 0 Å². The highest BCUT2D eigenvalue weighted by atomic mass is 16.7. The van der Waals surface area contributed by atoms with Gasteiger partial charge in [0.1, 0.15) is 65.7 Å². The highest BCUT2D eigenvalue weighted by Crippen LogP contribution is 2.35. The van der Waals surface area contributed by atoms with Gasteiger partial charge in [0.25, 0.3) is 0 Å². The summed E-state index contributed by atoms with van der Waals surface area (Å²) in [5.74, 6) is -4.20. The van der Waals surface area contributed by atoms with Crippen molar-refractivity contribution in [2.45, 2.75) is 37.1 Å². The molecule has 1 saturated heterocycles. The van der Waals surface area contributed by atoms with Gasteiger partial charge in [0, 0.05) is 23.8 Å². The van der Waals surface area contributed by atoms with Gasteiger partial charge in [-0.15, -0.1) is 0 Å². The van der Waals surface area contributed by atoms with Gasteiger partial charge in [-0.3, -0.25) is 14.4 Å². The van der Waals surface area contributed by atoms with Gasteiger partial charge in [-0.2, -0.15) is 0 Å². The predicted molar refractivity (Wildman–Crippen MR) is 123 cm³/mol. The third kappa shape index (κ3) is 5.47. The van der Waals surface area contributed by atoms with Crippen molar-refractivity contribution in [3.63, 3.8) is 0 Å². The Kier molecular flexibility index (Phi) is 7.41. The smallest absolute Gasteiger partial charge is 0.317 e. The van der Waals surface area contributed by atoms with E-state index in [0.29, 0.717) is 0 Å². The van der Waals surface area contributed by atoms with E-state index in [4.69, 9.17) is 23.7 Å². The fourth-order valence-electron chi connectivity index (χ4n) is 3.77. The number of phenols is 3. The molecule has 0 aliphatic carbocycles. The number of carbonyl (C=O) groups excluding carboxylic acids is 1. The number of aromatic hydroxyl groups is 3. The Labute approximate surface area is 212 Å². The summed E-state index contributed by atoms with van der Waals surface area (Å²) in [6.45, 7) is -0.669. The summed E-state index contributed by atoms with van der Waals surface area (Å²) in [7, 11) is 0. The molecule has 1 aliphatic heterocycles. The van der Waals surface area contributed by atoms with Crippen LogP contribution in [0.3, 0.4) is 0 Å². The third-order valence-electron chi connectivity index (χ3n) is 5.67. The molecule has 5 atom stereocenters. The summed E-state index contributed by atoms with van der Waals surface area (Å²) in [5.41, 5.74) is -0.581. The number of carboxylic acid groups (broad SMARTS) is 1. The van der Waals surface area contributed by atoms with E-state index in [1.807, 2.05) is 0 Å². The Morgan fingerprint density at radius 1 is 0.895 bits per heavy atom. The van der Waals surface area contributed by atoms with Crippen molar-refractivity contribution in [2.24, 2.45) is 0 Å². The molecule has 2 aromatic carbocycles. The molecular formula is C24H22O14. The number of aliphatic hydroxyl groups excluding tert-OH is 3. The lowest BCUT2D eigenvalue weighted by molar-refractivity contribution is -0.278. The Morgan fingerprint density at radius 2 is 1.63 bits per heavy atom. The van der Waals surface area contributed by atoms with Crippen LogP contribution in [0, 0.1) is 0 Å². The SMILES string of the molecule is O=C(O)CC(=O)OC[C@H]1O[C@@H](Oc2cc(O)c3c(=O)cc(-c4ccc(O)c(O)c4)oc3c2)[C@H](O)[C@@H](O)[C@@H]1O. The van der Waals surface area contributed by atoms with Crippen LogP contribution in [0.1, 0.15) is 6.42 Å². The number of hydrogen-bond acceptors (Lipinski definition) is 13. The van der Waals surface area contributed by atoms with Gasteiger partial charge in [0.05, 0.1) is 0 Å². The minimum Gasteiger partial charge on any atom is -0.507 e. The molecule has 0 radical (unpaired) electrons. The molecule has 0 spiro atoms. The number of carboxylic acids is 1. The summed E-state index contributed by atoms with van der Waals surface area (Å²) in [4.78, 5) is 34.7. The van der Waals surface area contributed by atoms with Gasteiger partial charge in [-0.25, -0.2) is 0 Å². The minimum absolute atomic E-state index is 0.0231. The lowest BCUT2D eigenvalue weighted by Crippen LogP contribution is -2.60. The van der Waals surface area contributed by atoms with Gasteiger partial charge in [-0.05, 0) is 18.2 Å². The number of carbonyl (C=O) groups is 2. The van der Waals surface area contributed by atoms with Crippen LogP contribution < -0.4 is 10.2 Å². The number of ether oxygens (including phenoxy) is 3. The Morgan fingerprint density at radius 3 is 2.32 bits per heavy atom. The van der Waals surface area contributed by atoms with Crippen LogP contribution in [0.5, 0.6) is 23.0 Å². The molecule has 14 heteroatoms. The van der Waals surface area contributed by atoms with Gasteiger partial charge < -0.3 is 54.4 Å². The summed E-state index contributed by atoms with van der Waals surface area (Å²) < 4.78 is 21.3. The average molecular weight is 534 g/mol. The van der Waals surface area contributed by atoms with Crippen molar-refractivity contribution < 1.29 is 64.0 Å². The molecule has 4 rings (SSSR count). The predicted octanol–water partition coefficient (Wildman–Crippen LogP) is -0.219. The highest BCUT2D eigenvalue weighted by molar-refractivity contribution is 5.90. The van der Waals surface area contributed by atoms with Crippen molar-refractivity contribution in [1.82, 2.24) is 0 Å². The van der Waals surface area contributed by atoms with Gasteiger partial charge >= 0.3 is 11.9 Å². The number of aliphatic carboxylic acids is 1. The second kappa shape index (κ2) is 10.5. The normalized spacial score (nSPS) is 23.2. The Hall–Kier alpha value is -4.37. The third-order valence-corrected chi connectivity index (χ3v) is 5.67. The zero-order valence-corrected chi connectivity index (χ0v) is 19.3. The van der Waals surface area contributed by atoms with Crippen LogP contribution in [-0.2, 0) is 19.1 Å². The fourth-order valence-corrected chi connectivity index (χ4v) is 3.77. The molecule has 1 aromatic heterocycles. The Balaban J connectivity index is 1.60. The van der Waals surface area contributed by atoms with Crippen molar-refractivity contribution in [3.05, 3.63) is 46.6 Å². The quantitative estimate of drug-likeness (QED) is 0.118. The molecule has 38 heavy (non-hydrogen) atoms. The molecule has 2 heterocycles. The molecule has 1 fully saturated rings. The van der Waals surface area contributed by atoms with Crippen LogP contribution in [0.2, 0.25) is 0 Å². The molecule has 0 bridgehead atoms. The molecule has 1 aliphatic rings. The first-order valence-electron chi connectivity index (χ1n) is 11.0. The van der Waals surface area contributed by atoms with Crippen LogP contribution in [0.15, 0.2) is 45.6 Å². The lowest BCUT2D eigenvalue weighted by Gasteiger charge is -2.39. The molecule has 14 nitrogen and oxygen atoms in total. The molecule has 0 amide bonds. The van der Waals surface area contributed by atoms with Crippen LogP contribution in [0.25, 0.3) is 22.3 Å². The topological polar surface area (TPSA) is 234 Å². The number of hydrogen-bond donors (Lipinski definition) is 7. The first-order valence-corrected chi connectivity index (χ1v) is 11.0. The van der Waals surface area contributed by atoms with E-state index < -0.39 is 78.3 Å². The van der Waals surface area contributed by atoms with Gasteiger partial charge in [0.2, 0.25) is 6.29 Å². The number of phenolic OH excluding ortho intramolecular Hbond substituents is 3. The van der Waals surface area contributed by atoms with E-state index in [1.165, 1.54) is 18.2 Å². The summed E-state index contributed by atoms with van der Waals surface area (Å²) >= 11 is 0. The number of aliphatic hydroxyl groups is 3. The zero-order chi connectivity index (χ0) is 27.7. The second-order valence-corrected chi connectivity index (χ2v) is 8.38. The first-order chi connectivity index (χ1) is 17.9. The summed E-state index contributed by atoms with van der Waals surface area (Å²) in [6, 6.07) is 6.97. The lowest BCUT2D eigenvalue weighted by atomic mass is 9.99. The Bertz CT molecular complexity index is 1430. The minimum atomic E-state index is -1.82. The van der Waals surface area contributed by atoms with Crippen LogP contribution in [-0.4, -0.2) is 85.0 Å². The van der Waals surface area contributed by atoms with E-state index in [-0.39, 0.29) is 28.0 Å². The zero-order valence-electron chi connectivity index (χ0n) is 19.3. The summed E-state index contributed by atoms with van der Waals surface area (Å²) in [5, 5.41) is 68.8. The van der Waals surface area contributed by atoms with E-state index in [1.54, 1.807) is 0 Å². The van der Waals surface area contributed by atoms with E-state index >= 15 is 0 Å².